The molecule has 6 nitrogen and oxygen atoms in total. The molecule has 150 valence electrons. The lowest BCUT2D eigenvalue weighted by Gasteiger charge is -2.38. The monoisotopic (exact) mass is 377 g/mol. The zero-order valence-electron chi connectivity index (χ0n) is 16.8. The molecule has 0 radical (unpaired) electrons. The van der Waals surface area contributed by atoms with Gasteiger partial charge in [0.25, 0.3) is 5.91 Å². The van der Waals surface area contributed by atoms with Gasteiger partial charge in [0.1, 0.15) is 16.9 Å². The lowest BCUT2D eigenvalue weighted by atomic mass is 9.78. The van der Waals surface area contributed by atoms with Gasteiger partial charge in [-0.3, -0.25) is 4.79 Å². The molecule has 0 saturated heterocycles. The Morgan fingerprint density at radius 3 is 2.70 bits per heavy atom. The summed E-state index contributed by atoms with van der Waals surface area (Å²) in [5.74, 6) is 0.232. The van der Waals surface area contributed by atoms with E-state index < -0.39 is 11.6 Å². The molecule has 1 aromatic rings. The van der Waals surface area contributed by atoms with Crippen molar-refractivity contribution < 1.29 is 23.8 Å². The van der Waals surface area contributed by atoms with E-state index >= 15 is 0 Å². The van der Waals surface area contributed by atoms with Crippen molar-refractivity contribution in [3.05, 3.63) is 23.8 Å². The first-order valence-corrected chi connectivity index (χ1v) is 9.76. The van der Waals surface area contributed by atoms with Crippen LogP contribution in [0.5, 0.6) is 5.75 Å². The summed E-state index contributed by atoms with van der Waals surface area (Å²) in [4.78, 5) is 25.2. The first-order valence-electron chi connectivity index (χ1n) is 9.76. The topological polar surface area (TPSA) is 73.9 Å². The number of carbonyl (C=O) groups excluding carboxylic acids is 2. The first-order chi connectivity index (χ1) is 13.0. The number of rotatable bonds is 8. The van der Waals surface area contributed by atoms with Gasteiger partial charge in [0.15, 0.2) is 0 Å². The number of benzene rings is 1. The van der Waals surface area contributed by atoms with Gasteiger partial charge in [-0.25, -0.2) is 4.79 Å². The zero-order chi connectivity index (χ0) is 19.9. The van der Waals surface area contributed by atoms with Gasteiger partial charge in [-0.05, 0) is 56.7 Å². The molecule has 1 fully saturated rings. The molecule has 1 aliphatic rings. The van der Waals surface area contributed by atoms with Gasteiger partial charge < -0.3 is 19.5 Å². The van der Waals surface area contributed by atoms with Crippen LogP contribution in [-0.4, -0.2) is 37.8 Å². The number of esters is 1. The maximum atomic E-state index is 13.0. The average Bonchev–Trinajstić information content (AvgIpc) is 2.66. The quantitative estimate of drug-likeness (QED) is 0.688. The third kappa shape index (κ3) is 5.22. The molecule has 1 N–H and O–H groups in total. The normalized spacial score (nSPS) is 22.1. The summed E-state index contributed by atoms with van der Waals surface area (Å²) in [6.45, 7) is 7.03. The maximum absolute atomic E-state index is 13.0. The first kappa shape index (κ1) is 21.2. The molecule has 0 aliphatic heterocycles. The van der Waals surface area contributed by atoms with Crippen molar-refractivity contribution in [1.29, 1.82) is 0 Å². The second-order valence-electron chi connectivity index (χ2n) is 7.13. The molecule has 2 atom stereocenters. The molecule has 0 bridgehead atoms. The van der Waals surface area contributed by atoms with E-state index in [1.165, 1.54) is 7.11 Å². The molecule has 1 amide bonds. The average molecular weight is 377 g/mol. The molecule has 1 aliphatic carbocycles. The van der Waals surface area contributed by atoms with E-state index in [-0.39, 0.29) is 5.91 Å². The largest absolute Gasteiger partial charge is 0.493 e. The predicted octanol–water partition coefficient (Wildman–Crippen LogP) is 4.19. The van der Waals surface area contributed by atoms with E-state index in [1.54, 1.807) is 18.2 Å². The van der Waals surface area contributed by atoms with Gasteiger partial charge in [-0.15, -0.1) is 0 Å². The number of carbonyl (C=O) groups is 2. The molecule has 0 heterocycles. The van der Waals surface area contributed by atoms with Crippen LogP contribution in [0.15, 0.2) is 18.2 Å². The lowest BCUT2D eigenvalue weighted by Crippen LogP contribution is -2.48. The molecule has 0 aromatic heterocycles. The van der Waals surface area contributed by atoms with Crippen molar-refractivity contribution in [3.63, 3.8) is 0 Å². The van der Waals surface area contributed by atoms with Crippen LogP contribution in [0, 0.1) is 5.92 Å². The van der Waals surface area contributed by atoms with Gasteiger partial charge in [-0.2, -0.15) is 0 Å². The Labute approximate surface area is 161 Å². The Hall–Kier alpha value is -2.08. The highest BCUT2D eigenvalue weighted by atomic mass is 16.5. The van der Waals surface area contributed by atoms with Crippen LogP contribution in [0.25, 0.3) is 0 Å². The van der Waals surface area contributed by atoms with Crippen LogP contribution in [0.3, 0.4) is 0 Å². The van der Waals surface area contributed by atoms with Crippen molar-refractivity contribution >= 4 is 17.6 Å². The van der Waals surface area contributed by atoms with E-state index in [2.05, 4.69) is 12.2 Å². The molecule has 2 rings (SSSR count). The van der Waals surface area contributed by atoms with Crippen molar-refractivity contribution in [2.45, 2.75) is 58.5 Å². The zero-order valence-corrected chi connectivity index (χ0v) is 16.8. The molecule has 27 heavy (non-hydrogen) atoms. The Morgan fingerprint density at radius 1 is 1.30 bits per heavy atom. The summed E-state index contributed by atoms with van der Waals surface area (Å²) in [7, 11) is 1.32. The molecule has 6 heteroatoms. The highest BCUT2D eigenvalue weighted by Crippen LogP contribution is 2.36. The second kappa shape index (κ2) is 9.74. The maximum Gasteiger partial charge on any atom is 0.341 e. The van der Waals surface area contributed by atoms with Crippen LogP contribution in [0.4, 0.5) is 5.69 Å². The molecule has 1 saturated carbocycles. The number of amides is 1. The SMILES string of the molecule is CCCOc1ccc(NC(=O)[C@@]2(OCC)CCC[C@H](C)C2)cc1C(=O)OC. The van der Waals surface area contributed by atoms with Crippen molar-refractivity contribution in [2.75, 3.05) is 25.6 Å². The summed E-state index contributed by atoms with van der Waals surface area (Å²) < 4.78 is 16.4. The summed E-state index contributed by atoms with van der Waals surface area (Å²) in [5.41, 5.74) is 0.0164. The Bertz CT molecular complexity index is 656. The number of nitrogens with one attached hydrogen (secondary N) is 1. The van der Waals surface area contributed by atoms with Gasteiger partial charge in [0.05, 0.1) is 13.7 Å². The van der Waals surface area contributed by atoms with E-state index in [9.17, 15) is 9.59 Å². The van der Waals surface area contributed by atoms with E-state index in [1.807, 2.05) is 13.8 Å². The summed E-state index contributed by atoms with van der Waals surface area (Å²) >= 11 is 0. The van der Waals surface area contributed by atoms with Crippen molar-refractivity contribution in [2.24, 2.45) is 5.92 Å². The summed E-state index contributed by atoms with van der Waals surface area (Å²) in [5, 5.41) is 2.93. The van der Waals surface area contributed by atoms with Gasteiger partial charge in [0, 0.05) is 12.3 Å². The minimum absolute atomic E-state index is 0.158. The summed E-state index contributed by atoms with van der Waals surface area (Å²) in [6, 6.07) is 5.02. The van der Waals surface area contributed by atoms with E-state index in [0.717, 1.165) is 19.3 Å². The van der Waals surface area contributed by atoms with Crippen LogP contribution in [0.1, 0.15) is 63.2 Å². The van der Waals surface area contributed by atoms with Crippen molar-refractivity contribution in [3.8, 4) is 5.75 Å². The fourth-order valence-corrected chi connectivity index (χ4v) is 3.64. The van der Waals surface area contributed by atoms with Crippen LogP contribution in [0.2, 0.25) is 0 Å². The third-order valence-corrected chi connectivity index (χ3v) is 4.89. The Balaban J connectivity index is 2.24. The number of methoxy groups -OCH3 is 1. The van der Waals surface area contributed by atoms with Crippen molar-refractivity contribution in [1.82, 2.24) is 0 Å². The second-order valence-corrected chi connectivity index (χ2v) is 7.13. The minimum atomic E-state index is -0.810. The number of hydrogen-bond donors (Lipinski definition) is 1. The number of ether oxygens (including phenoxy) is 3. The minimum Gasteiger partial charge on any atom is -0.493 e. The molecule has 1 aromatic carbocycles. The van der Waals surface area contributed by atoms with Crippen LogP contribution >= 0.6 is 0 Å². The fraction of sp³-hybridized carbons (Fsp3) is 0.619. The van der Waals surface area contributed by atoms with E-state index in [0.29, 0.717) is 49.0 Å². The Kier molecular flexibility index (Phi) is 7.66. The molecule has 0 spiro atoms. The summed E-state index contributed by atoms with van der Waals surface area (Å²) in [6.07, 6.45) is 4.31. The highest BCUT2D eigenvalue weighted by molar-refractivity contribution is 5.99. The standard InChI is InChI=1S/C21H31NO5/c1-5-12-26-18-10-9-16(13-17(18)19(23)25-4)22-20(24)21(27-6-2)11-7-8-15(3)14-21/h9-10,13,15H,5-8,11-12,14H2,1-4H3,(H,22,24)/t15-,21+/m0/s1. The Morgan fingerprint density at radius 2 is 2.07 bits per heavy atom. The molecular formula is C21H31NO5. The van der Waals surface area contributed by atoms with E-state index in [4.69, 9.17) is 14.2 Å². The van der Waals surface area contributed by atoms with Gasteiger partial charge in [-0.1, -0.05) is 20.3 Å². The highest BCUT2D eigenvalue weighted by Gasteiger charge is 2.42. The third-order valence-electron chi connectivity index (χ3n) is 4.89. The lowest BCUT2D eigenvalue weighted by molar-refractivity contribution is -0.147. The van der Waals surface area contributed by atoms with Crippen LogP contribution in [-0.2, 0) is 14.3 Å². The fourth-order valence-electron chi connectivity index (χ4n) is 3.64. The van der Waals surface area contributed by atoms with Gasteiger partial charge in [0.2, 0.25) is 0 Å². The molecule has 0 unspecified atom stereocenters. The number of hydrogen-bond acceptors (Lipinski definition) is 5. The number of anilines is 1. The van der Waals surface area contributed by atoms with Crippen LogP contribution < -0.4 is 10.1 Å². The smallest absolute Gasteiger partial charge is 0.341 e. The van der Waals surface area contributed by atoms with Gasteiger partial charge >= 0.3 is 5.97 Å². The molecular weight excluding hydrogens is 346 g/mol. The predicted molar refractivity (Wildman–Crippen MR) is 104 cm³/mol.